The molecule has 0 aromatic heterocycles. The summed E-state index contributed by atoms with van der Waals surface area (Å²) in [6, 6.07) is 16.8. The molecule has 0 amide bonds. The molecule has 0 saturated carbocycles. The molecule has 2 aromatic carbocycles. The Labute approximate surface area is 234 Å². The van der Waals surface area contributed by atoms with Crippen LogP contribution >= 0.6 is 0 Å². The molecule has 4 rings (SSSR count). The third kappa shape index (κ3) is 10.3. The van der Waals surface area contributed by atoms with Crippen LogP contribution in [0.2, 0.25) is 0 Å². The van der Waals surface area contributed by atoms with Crippen molar-refractivity contribution in [2.24, 2.45) is 5.92 Å². The summed E-state index contributed by atoms with van der Waals surface area (Å²) in [5.41, 5.74) is 1.96. The van der Waals surface area contributed by atoms with Crippen LogP contribution in [0.1, 0.15) is 28.9 Å². The quantitative estimate of drug-likeness (QED) is 0.338. The molecule has 2 fully saturated rings. The van der Waals surface area contributed by atoms with Crippen LogP contribution in [0, 0.1) is 11.7 Å². The highest BCUT2D eigenvalue weighted by Gasteiger charge is 2.28. The van der Waals surface area contributed by atoms with Crippen LogP contribution in [0.4, 0.5) is 4.39 Å². The van der Waals surface area contributed by atoms with E-state index in [2.05, 4.69) is 14.7 Å². The monoisotopic (exact) mass is 555 g/mol. The molecule has 2 aliphatic rings. The zero-order valence-electron chi connectivity index (χ0n) is 22.8. The maximum atomic E-state index is 13.5. The van der Waals surface area contributed by atoms with Crippen LogP contribution < -0.4 is 0 Å². The van der Waals surface area contributed by atoms with Gasteiger partial charge in [-0.15, -0.1) is 0 Å². The largest absolute Gasteiger partial charge is 0.478 e. The number of aliphatic carboxylic acids is 2. The summed E-state index contributed by atoms with van der Waals surface area (Å²) in [4.78, 5) is 39.2. The molecule has 0 bridgehead atoms. The average molecular weight is 556 g/mol. The fourth-order valence-corrected chi connectivity index (χ4v) is 4.90. The number of carboxylic acid groups (broad SMARTS) is 2. The number of morpholine rings is 1. The molecule has 40 heavy (non-hydrogen) atoms. The van der Waals surface area contributed by atoms with Gasteiger partial charge in [0, 0.05) is 82.0 Å². The van der Waals surface area contributed by atoms with E-state index in [1.165, 1.54) is 0 Å². The van der Waals surface area contributed by atoms with E-state index in [1.807, 2.05) is 49.4 Å². The molecule has 2 unspecified atom stereocenters. The molecule has 2 aliphatic heterocycles. The van der Waals surface area contributed by atoms with Crippen molar-refractivity contribution in [3.63, 3.8) is 0 Å². The predicted octanol–water partition coefficient (Wildman–Crippen LogP) is 3.05. The highest BCUT2D eigenvalue weighted by Crippen LogP contribution is 2.24. The van der Waals surface area contributed by atoms with Gasteiger partial charge in [0.25, 0.3) is 0 Å². The first kappa shape index (κ1) is 31.1. The number of carboxylic acids is 2. The number of Topliss-reactive ketones (excluding diaryl/α,β-unsaturated/α-hetero) is 1. The Bertz CT molecular complexity index is 1100. The zero-order valence-corrected chi connectivity index (χ0v) is 22.8. The molecular formula is C30H38FN3O6. The summed E-state index contributed by atoms with van der Waals surface area (Å²) in [6.07, 6.45) is 1.12. The van der Waals surface area contributed by atoms with Crippen molar-refractivity contribution in [2.75, 3.05) is 65.6 Å². The van der Waals surface area contributed by atoms with Gasteiger partial charge in [0.1, 0.15) is 5.82 Å². The van der Waals surface area contributed by atoms with Crippen molar-refractivity contribution in [2.45, 2.75) is 13.0 Å². The molecule has 9 nitrogen and oxygen atoms in total. The minimum atomic E-state index is -1.26. The third-order valence-electron chi connectivity index (χ3n) is 7.04. The smallest absolute Gasteiger partial charge is 0.328 e. The van der Waals surface area contributed by atoms with Gasteiger partial charge in [0.2, 0.25) is 0 Å². The second kappa shape index (κ2) is 16.0. The van der Waals surface area contributed by atoms with E-state index >= 15 is 0 Å². The Balaban J connectivity index is 0.000000482. The summed E-state index contributed by atoms with van der Waals surface area (Å²) < 4.78 is 19.0. The normalized spacial score (nSPS) is 18.4. The predicted molar refractivity (Wildman–Crippen MR) is 149 cm³/mol. The zero-order chi connectivity index (χ0) is 28.9. The first-order valence-electron chi connectivity index (χ1n) is 13.5. The van der Waals surface area contributed by atoms with Crippen molar-refractivity contribution < 1.29 is 33.7 Å². The van der Waals surface area contributed by atoms with E-state index in [9.17, 15) is 18.8 Å². The summed E-state index contributed by atoms with van der Waals surface area (Å²) in [7, 11) is 0. The number of ketones is 1. The highest BCUT2D eigenvalue weighted by atomic mass is 19.1. The van der Waals surface area contributed by atoms with E-state index in [4.69, 9.17) is 14.9 Å². The first-order chi connectivity index (χ1) is 19.2. The number of halogens is 1. The van der Waals surface area contributed by atoms with Gasteiger partial charge >= 0.3 is 11.9 Å². The Morgan fingerprint density at radius 3 is 1.88 bits per heavy atom. The van der Waals surface area contributed by atoms with E-state index in [0.717, 1.165) is 76.7 Å². The molecular weight excluding hydrogens is 517 g/mol. The standard InChI is InChI=1S/C26H34FN3O2.C4H4O4/c1-21(26(31)23-5-3-2-4-6-23)19-28-11-13-29(14-12-28)20-25(30-15-17-32-18-16-30)22-7-9-24(27)10-8-22;5-3(6)1-2-4(7)8/h2-10,21,25H,11-20H2,1H3;1-2H,(H,5,6)(H,7,8)/b;2-1+. The molecule has 2 heterocycles. The van der Waals surface area contributed by atoms with Crippen LogP contribution in [-0.2, 0) is 14.3 Å². The molecule has 10 heteroatoms. The Kier molecular flexibility index (Phi) is 12.4. The van der Waals surface area contributed by atoms with Gasteiger partial charge in [0.15, 0.2) is 5.78 Å². The van der Waals surface area contributed by atoms with Crippen molar-refractivity contribution in [1.29, 1.82) is 0 Å². The van der Waals surface area contributed by atoms with Crippen molar-refractivity contribution in [3.8, 4) is 0 Å². The van der Waals surface area contributed by atoms with Gasteiger partial charge in [0.05, 0.1) is 13.2 Å². The fraction of sp³-hybridized carbons (Fsp3) is 0.433. The maximum absolute atomic E-state index is 13.5. The van der Waals surface area contributed by atoms with Crippen LogP contribution in [-0.4, -0.2) is 108 Å². The van der Waals surface area contributed by atoms with Gasteiger partial charge in [-0.1, -0.05) is 49.4 Å². The van der Waals surface area contributed by atoms with E-state index in [-0.39, 0.29) is 23.6 Å². The molecule has 2 N–H and O–H groups in total. The molecule has 2 saturated heterocycles. The summed E-state index contributed by atoms with van der Waals surface area (Å²) in [6.45, 7) is 11.0. The first-order valence-corrected chi connectivity index (χ1v) is 13.5. The van der Waals surface area contributed by atoms with Gasteiger partial charge in [-0.25, -0.2) is 14.0 Å². The lowest BCUT2D eigenvalue weighted by Gasteiger charge is -2.41. The number of carbonyl (C=O) groups excluding carboxylic acids is 1. The lowest BCUT2D eigenvalue weighted by atomic mass is 9.98. The summed E-state index contributed by atoms with van der Waals surface area (Å²) in [5, 5.41) is 15.6. The lowest BCUT2D eigenvalue weighted by Crippen LogP contribution is -2.51. The molecule has 0 spiro atoms. The molecule has 216 valence electrons. The van der Waals surface area contributed by atoms with Gasteiger partial charge in [-0.2, -0.15) is 0 Å². The lowest BCUT2D eigenvalue weighted by molar-refractivity contribution is -0.134. The van der Waals surface area contributed by atoms with E-state index in [0.29, 0.717) is 12.2 Å². The van der Waals surface area contributed by atoms with E-state index in [1.54, 1.807) is 12.1 Å². The number of ether oxygens (including phenoxy) is 1. The number of benzene rings is 2. The SMILES string of the molecule is CC(CN1CCN(CC(c2ccc(F)cc2)N2CCOCC2)CC1)C(=O)c1ccccc1.O=C(O)/C=C/C(=O)O. The Morgan fingerprint density at radius 2 is 1.35 bits per heavy atom. The Morgan fingerprint density at radius 1 is 0.825 bits per heavy atom. The van der Waals surface area contributed by atoms with Crippen LogP contribution in [0.15, 0.2) is 66.7 Å². The van der Waals surface area contributed by atoms with Crippen molar-refractivity contribution >= 4 is 17.7 Å². The van der Waals surface area contributed by atoms with Gasteiger partial charge in [-0.3, -0.25) is 14.6 Å². The van der Waals surface area contributed by atoms with Gasteiger partial charge < -0.3 is 19.8 Å². The number of hydrogen-bond acceptors (Lipinski definition) is 7. The van der Waals surface area contributed by atoms with Crippen LogP contribution in [0.25, 0.3) is 0 Å². The summed E-state index contributed by atoms with van der Waals surface area (Å²) in [5.74, 6) is -2.50. The number of nitrogens with zero attached hydrogens (tertiary/aromatic N) is 3. The second-order valence-corrected chi connectivity index (χ2v) is 9.96. The number of carbonyl (C=O) groups is 3. The number of piperazine rings is 1. The van der Waals surface area contributed by atoms with Crippen LogP contribution in [0.5, 0.6) is 0 Å². The molecule has 2 atom stereocenters. The number of hydrogen-bond donors (Lipinski definition) is 2. The second-order valence-electron chi connectivity index (χ2n) is 9.96. The van der Waals surface area contributed by atoms with Gasteiger partial charge in [-0.05, 0) is 17.7 Å². The molecule has 2 aromatic rings. The minimum Gasteiger partial charge on any atom is -0.478 e. The summed E-state index contributed by atoms with van der Waals surface area (Å²) >= 11 is 0. The van der Waals surface area contributed by atoms with Crippen molar-refractivity contribution in [1.82, 2.24) is 14.7 Å². The highest BCUT2D eigenvalue weighted by molar-refractivity contribution is 5.97. The van der Waals surface area contributed by atoms with Crippen molar-refractivity contribution in [3.05, 3.63) is 83.7 Å². The third-order valence-corrected chi connectivity index (χ3v) is 7.04. The topological polar surface area (TPSA) is 111 Å². The minimum absolute atomic E-state index is 0.00994. The van der Waals surface area contributed by atoms with E-state index < -0.39 is 11.9 Å². The fourth-order valence-electron chi connectivity index (χ4n) is 4.90. The number of rotatable bonds is 10. The van der Waals surface area contributed by atoms with Crippen LogP contribution in [0.3, 0.4) is 0 Å². The molecule has 0 radical (unpaired) electrons. The average Bonchev–Trinajstić information content (AvgIpc) is 2.97. The maximum Gasteiger partial charge on any atom is 0.328 e. The molecule has 0 aliphatic carbocycles. The Hall–Kier alpha value is -3.44.